The molecule has 0 amide bonds. The van der Waals surface area contributed by atoms with Crippen molar-refractivity contribution in [3.8, 4) is 0 Å². The van der Waals surface area contributed by atoms with E-state index in [4.69, 9.17) is 0 Å². The van der Waals surface area contributed by atoms with Gasteiger partial charge in [0.15, 0.2) is 0 Å². The van der Waals surface area contributed by atoms with E-state index in [0.29, 0.717) is 0 Å². The Balaban J connectivity index is 0.00000176. The van der Waals surface area contributed by atoms with Gasteiger partial charge in [0, 0.05) is 6.54 Å². The lowest BCUT2D eigenvalue weighted by molar-refractivity contribution is 0.252. The van der Waals surface area contributed by atoms with Gasteiger partial charge < -0.3 is 0 Å². The first-order chi connectivity index (χ1) is 10.4. The summed E-state index contributed by atoms with van der Waals surface area (Å²) in [6.07, 6.45) is 6.49. The largest absolute Gasteiger partial charge is 0.300 e. The number of halogens is 1. The fourth-order valence-electron chi connectivity index (χ4n) is 3.00. The minimum atomic E-state index is 0. The third-order valence-corrected chi connectivity index (χ3v) is 4.17. The summed E-state index contributed by atoms with van der Waals surface area (Å²) in [5, 5.41) is 0. The van der Waals surface area contributed by atoms with Gasteiger partial charge in [-0.25, -0.2) is 0 Å². The second-order valence-corrected chi connectivity index (χ2v) is 5.71. The molecule has 0 spiro atoms. The molecule has 22 heavy (non-hydrogen) atoms. The predicted molar refractivity (Wildman–Crippen MR) is 97.5 cm³/mol. The van der Waals surface area contributed by atoms with Crippen molar-refractivity contribution in [2.24, 2.45) is 0 Å². The lowest BCUT2D eigenvalue weighted by Gasteiger charge is -2.25. The van der Waals surface area contributed by atoms with E-state index in [-0.39, 0.29) is 12.4 Å². The summed E-state index contributed by atoms with van der Waals surface area (Å²) in [5.41, 5.74) is 3.96. The average molecular weight is 314 g/mol. The molecule has 1 saturated heterocycles. The van der Waals surface area contributed by atoms with Gasteiger partial charge in [-0.1, -0.05) is 73.2 Å². The summed E-state index contributed by atoms with van der Waals surface area (Å²) >= 11 is 0. The van der Waals surface area contributed by atoms with Crippen molar-refractivity contribution in [3.05, 3.63) is 77.9 Å². The molecule has 0 unspecified atom stereocenters. The van der Waals surface area contributed by atoms with Crippen LogP contribution in [0.5, 0.6) is 0 Å². The van der Waals surface area contributed by atoms with Crippen LogP contribution in [0.3, 0.4) is 0 Å². The summed E-state index contributed by atoms with van der Waals surface area (Å²) in [7, 11) is 0. The molecule has 0 saturated carbocycles. The lowest BCUT2D eigenvalue weighted by Crippen LogP contribution is -2.29. The highest BCUT2D eigenvalue weighted by atomic mass is 35.5. The SMILES string of the molecule is C(CN1CCCCC1)=C(c1ccccc1)c1ccccc1.Cl. The molecule has 0 aromatic heterocycles. The molecule has 3 rings (SSSR count). The molecule has 2 aromatic rings. The molecule has 1 aliphatic rings. The smallest absolute Gasteiger partial charge is 0.0172 e. The van der Waals surface area contributed by atoms with Gasteiger partial charge >= 0.3 is 0 Å². The standard InChI is InChI=1S/C20H23N.ClH/c1-4-10-18(11-5-1)20(19-12-6-2-7-13-19)14-17-21-15-8-3-9-16-21;/h1-2,4-7,10-14H,3,8-9,15-17H2;1H. The van der Waals surface area contributed by atoms with Crippen molar-refractivity contribution in [2.75, 3.05) is 19.6 Å². The van der Waals surface area contributed by atoms with Crippen LogP contribution in [0.1, 0.15) is 30.4 Å². The van der Waals surface area contributed by atoms with Gasteiger partial charge in [-0.05, 0) is 42.6 Å². The monoisotopic (exact) mass is 313 g/mol. The minimum Gasteiger partial charge on any atom is -0.300 e. The first-order valence-electron chi connectivity index (χ1n) is 7.97. The third kappa shape index (κ3) is 4.46. The van der Waals surface area contributed by atoms with E-state index in [0.717, 1.165) is 6.54 Å². The molecular formula is C20H24ClN. The van der Waals surface area contributed by atoms with Crippen molar-refractivity contribution in [2.45, 2.75) is 19.3 Å². The number of nitrogens with zero attached hydrogens (tertiary/aromatic N) is 1. The highest BCUT2D eigenvalue weighted by molar-refractivity contribution is 5.85. The number of hydrogen-bond donors (Lipinski definition) is 0. The first-order valence-corrected chi connectivity index (χ1v) is 7.97. The number of benzene rings is 2. The van der Waals surface area contributed by atoms with Crippen molar-refractivity contribution < 1.29 is 0 Å². The van der Waals surface area contributed by atoms with Crippen LogP contribution in [0.2, 0.25) is 0 Å². The van der Waals surface area contributed by atoms with E-state index >= 15 is 0 Å². The van der Waals surface area contributed by atoms with Crippen LogP contribution in [0.25, 0.3) is 5.57 Å². The third-order valence-electron chi connectivity index (χ3n) is 4.17. The van der Waals surface area contributed by atoms with Crippen molar-refractivity contribution in [1.29, 1.82) is 0 Å². The average Bonchev–Trinajstić information content (AvgIpc) is 2.58. The van der Waals surface area contributed by atoms with Gasteiger partial charge in [-0.2, -0.15) is 0 Å². The number of likely N-dealkylation sites (tertiary alicyclic amines) is 1. The Kier molecular flexibility index (Phi) is 6.70. The van der Waals surface area contributed by atoms with Crippen LogP contribution in [0, 0.1) is 0 Å². The molecule has 0 radical (unpaired) electrons. The molecule has 0 aliphatic carbocycles. The van der Waals surface area contributed by atoms with Crippen LogP contribution < -0.4 is 0 Å². The number of rotatable bonds is 4. The Morgan fingerprint density at radius 1 is 0.773 bits per heavy atom. The van der Waals surface area contributed by atoms with Crippen molar-refractivity contribution in [1.82, 2.24) is 4.90 Å². The summed E-state index contributed by atoms with van der Waals surface area (Å²) in [4.78, 5) is 2.56. The van der Waals surface area contributed by atoms with Crippen LogP contribution in [0.15, 0.2) is 66.7 Å². The first kappa shape index (κ1) is 16.8. The quantitative estimate of drug-likeness (QED) is 0.765. The Bertz CT molecular complexity index is 530. The molecule has 116 valence electrons. The normalized spacial score (nSPS) is 14.9. The summed E-state index contributed by atoms with van der Waals surface area (Å²) in [6, 6.07) is 21.4. The maximum atomic E-state index is 2.56. The van der Waals surface area contributed by atoms with Gasteiger partial charge in [0.1, 0.15) is 0 Å². The van der Waals surface area contributed by atoms with Gasteiger partial charge in [0.25, 0.3) is 0 Å². The molecule has 1 fully saturated rings. The van der Waals surface area contributed by atoms with E-state index in [9.17, 15) is 0 Å². The highest BCUT2D eigenvalue weighted by Gasteiger charge is 2.10. The molecular weight excluding hydrogens is 290 g/mol. The van der Waals surface area contributed by atoms with Crippen molar-refractivity contribution >= 4 is 18.0 Å². The fourth-order valence-corrected chi connectivity index (χ4v) is 3.00. The predicted octanol–water partition coefficient (Wildman–Crippen LogP) is 5.03. The fraction of sp³-hybridized carbons (Fsp3) is 0.300. The molecule has 0 atom stereocenters. The van der Waals surface area contributed by atoms with Crippen molar-refractivity contribution in [3.63, 3.8) is 0 Å². The minimum absolute atomic E-state index is 0. The van der Waals surface area contributed by atoms with E-state index in [1.165, 1.54) is 49.1 Å². The Morgan fingerprint density at radius 3 is 1.77 bits per heavy atom. The summed E-state index contributed by atoms with van der Waals surface area (Å²) in [6.45, 7) is 3.54. The Hall–Kier alpha value is -1.57. The van der Waals surface area contributed by atoms with E-state index in [1.54, 1.807) is 0 Å². The zero-order chi connectivity index (χ0) is 14.3. The van der Waals surface area contributed by atoms with Gasteiger partial charge in [0.2, 0.25) is 0 Å². The molecule has 2 aromatic carbocycles. The van der Waals surface area contributed by atoms with Gasteiger partial charge in [-0.3, -0.25) is 4.90 Å². The molecule has 1 heterocycles. The molecule has 1 nitrogen and oxygen atoms in total. The Morgan fingerprint density at radius 2 is 1.27 bits per heavy atom. The summed E-state index contributed by atoms with van der Waals surface area (Å²) in [5.74, 6) is 0. The Labute approximate surface area is 140 Å². The molecule has 1 aliphatic heterocycles. The van der Waals surface area contributed by atoms with Gasteiger partial charge in [0.05, 0.1) is 0 Å². The van der Waals surface area contributed by atoms with E-state index < -0.39 is 0 Å². The number of hydrogen-bond acceptors (Lipinski definition) is 1. The second kappa shape index (κ2) is 8.77. The summed E-state index contributed by atoms with van der Waals surface area (Å²) < 4.78 is 0. The van der Waals surface area contributed by atoms with Crippen LogP contribution in [-0.2, 0) is 0 Å². The van der Waals surface area contributed by atoms with Crippen LogP contribution in [-0.4, -0.2) is 24.5 Å². The van der Waals surface area contributed by atoms with Gasteiger partial charge in [-0.15, -0.1) is 12.4 Å². The molecule has 0 bridgehead atoms. The maximum Gasteiger partial charge on any atom is 0.0172 e. The molecule has 2 heteroatoms. The second-order valence-electron chi connectivity index (χ2n) is 5.71. The van der Waals surface area contributed by atoms with E-state index in [1.807, 2.05) is 0 Å². The van der Waals surface area contributed by atoms with Crippen LogP contribution in [0.4, 0.5) is 0 Å². The maximum absolute atomic E-state index is 2.56. The number of piperidine rings is 1. The highest BCUT2D eigenvalue weighted by Crippen LogP contribution is 2.23. The topological polar surface area (TPSA) is 3.24 Å². The van der Waals surface area contributed by atoms with Crippen LogP contribution >= 0.6 is 12.4 Å². The lowest BCUT2D eigenvalue weighted by atomic mass is 9.97. The molecule has 0 N–H and O–H groups in total. The zero-order valence-corrected chi connectivity index (χ0v) is 13.8. The van der Waals surface area contributed by atoms with E-state index in [2.05, 4.69) is 71.6 Å². The zero-order valence-electron chi connectivity index (χ0n) is 12.9.